The van der Waals surface area contributed by atoms with Crippen LogP contribution >= 0.6 is 11.6 Å². The highest BCUT2D eigenvalue weighted by Gasteiger charge is 2.66. The van der Waals surface area contributed by atoms with Crippen LogP contribution in [0, 0.1) is 11.3 Å². The van der Waals surface area contributed by atoms with Crippen molar-refractivity contribution in [3.05, 3.63) is 107 Å². The Morgan fingerprint density at radius 3 is 2.44 bits per heavy atom. The van der Waals surface area contributed by atoms with Gasteiger partial charge in [0.2, 0.25) is 0 Å². The number of rotatable bonds is 5. The number of hydrogen-bond donors (Lipinski definition) is 1. The smallest absolute Gasteiger partial charge is 0.314 e. The van der Waals surface area contributed by atoms with E-state index in [1.807, 2.05) is 60.7 Å². The van der Waals surface area contributed by atoms with Crippen LogP contribution in [-0.2, 0) is 21.7 Å². The number of carbonyl (C=O) groups is 1. The van der Waals surface area contributed by atoms with Crippen molar-refractivity contribution in [2.24, 2.45) is 11.3 Å². The molecule has 1 heterocycles. The second-order valence-electron chi connectivity index (χ2n) is 9.68. The largest absolute Gasteiger partial charge is 0.469 e. The number of methoxy groups -OCH3 is 1. The summed E-state index contributed by atoms with van der Waals surface area (Å²) in [6.07, 6.45) is 1.23. The van der Waals surface area contributed by atoms with Crippen LogP contribution in [0.25, 0.3) is 0 Å². The standard InChI is InChI=1S/C29H30ClNO3/c1-34-27(32)28-20-31(18-21-9-4-2-5-10-21)19-26(28)29(33,23-13-8-14-24(30)17-23)16-15-25(28)22-11-6-3-7-12-22/h2-14,17,25-26,33H,15-16,18-20H2,1H3. The molecule has 3 aromatic rings. The zero-order valence-corrected chi connectivity index (χ0v) is 20.1. The molecule has 176 valence electrons. The van der Waals surface area contributed by atoms with E-state index in [4.69, 9.17) is 16.3 Å². The monoisotopic (exact) mass is 475 g/mol. The van der Waals surface area contributed by atoms with E-state index in [1.165, 1.54) is 12.7 Å². The van der Waals surface area contributed by atoms with Crippen molar-refractivity contribution in [2.75, 3.05) is 20.2 Å². The minimum absolute atomic E-state index is 0.0496. The maximum atomic E-state index is 13.8. The quantitative estimate of drug-likeness (QED) is 0.502. The van der Waals surface area contributed by atoms with Gasteiger partial charge in [-0.2, -0.15) is 0 Å². The summed E-state index contributed by atoms with van der Waals surface area (Å²) in [6.45, 7) is 1.83. The normalized spacial score (nSPS) is 28.9. The number of likely N-dealkylation sites (tertiary alicyclic amines) is 1. The van der Waals surface area contributed by atoms with Crippen molar-refractivity contribution in [1.29, 1.82) is 0 Å². The highest BCUT2D eigenvalue weighted by atomic mass is 35.5. The molecule has 0 radical (unpaired) electrons. The lowest BCUT2D eigenvalue weighted by molar-refractivity contribution is -0.173. The van der Waals surface area contributed by atoms with E-state index in [-0.39, 0.29) is 17.8 Å². The third kappa shape index (κ3) is 3.84. The van der Waals surface area contributed by atoms with Crippen molar-refractivity contribution in [3.63, 3.8) is 0 Å². The van der Waals surface area contributed by atoms with E-state index < -0.39 is 11.0 Å². The number of ether oxygens (including phenoxy) is 1. The predicted molar refractivity (Wildman–Crippen MR) is 133 cm³/mol. The Hall–Kier alpha value is -2.66. The third-order valence-electron chi connectivity index (χ3n) is 7.90. The summed E-state index contributed by atoms with van der Waals surface area (Å²) < 4.78 is 5.49. The van der Waals surface area contributed by atoms with E-state index in [2.05, 4.69) is 29.2 Å². The molecule has 1 saturated heterocycles. The lowest BCUT2D eigenvalue weighted by atomic mass is 9.53. The van der Waals surface area contributed by atoms with Crippen LogP contribution in [0.1, 0.15) is 35.4 Å². The number of carbonyl (C=O) groups excluding carboxylic acids is 1. The first-order valence-electron chi connectivity index (χ1n) is 11.9. The summed E-state index contributed by atoms with van der Waals surface area (Å²) in [5.41, 5.74) is 1.01. The van der Waals surface area contributed by atoms with Gasteiger partial charge in [0.1, 0.15) is 0 Å². The molecule has 1 aliphatic heterocycles. The maximum absolute atomic E-state index is 13.8. The van der Waals surface area contributed by atoms with Crippen molar-refractivity contribution < 1.29 is 14.6 Å². The number of nitrogens with zero attached hydrogens (tertiary/aromatic N) is 1. The molecule has 0 bridgehead atoms. The average molecular weight is 476 g/mol. The molecule has 5 heteroatoms. The van der Waals surface area contributed by atoms with Gasteiger partial charge in [0, 0.05) is 36.5 Å². The van der Waals surface area contributed by atoms with E-state index in [1.54, 1.807) is 0 Å². The van der Waals surface area contributed by atoms with Gasteiger partial charge >= 0.3 is 5.97 Å². The van der Waals surface area contributed by atoms with Gasteiger partial charge in [0.15, 0.2) is 0 Å². The SMILES string of the molecule is COC(=O)C12CN(Cc3ccccc3)CC1C(O)(c1cccc(Cl)c1)CCC2c1ccccc1. The Morgan fingerprint density at radius 2 is 1.76 bits per heavy atom. The fourth-order valence-electron chi connectivity index (χ4n) is 6.45. The minimum atomic E-state index is -1.18. The summed E-state index contributed by atoms with van der Waals surface area (Å²) in [7, 11) is 1.46. The molecular weight excluding hydrogens is 446 g/mol. The second-order valence-corrected chi connectivity index (χ2v) is 10.1. The van der Waals surface area contributed by atoms with E-state index >= 15 is 0 Å². The maximum Gasteiger partial charge on any atom is 0.314 e. The van der Waals surface area contributed by atoms with Crippen LogP contribution in [0.3, 0.4) is 0 Å². The molecule has 3 aromatic carbocycles. The van der Waals surface area contributed by atoms with Crippen molar-refractivity contribution in [2.45, 2.75) is 30.9 Å². The van der Waals surface area contributed by atoms with Crippen LogP contribution in [0.15, 0.2) is 84.9 Å². The summed E-state index contributed by atoms with van der Waals surface area (Å²) in [6, 6.07) is 27.9. The lowest BCUT2D eigenvalue weighted by Gasteiger charge is -2.51. The van der Waals surface area contributed by atoms with Gasteiger partial charge in [-0.05, 0) is 41.7 Å². The van der Waals surface area contributed by atoms with E-state index in [9.17, 15) is 9.90 Å². The number of aliphatic hydroxyl groups is 1. The molecule has 1 N–H and O–H groups in total. The van der Waals surface area contributed by atoms with Gasteiger partial charge in [-0.15, -0.1) is 0 Å². The molecule has 1 saturated carbocycles. The van der Waals surface area contributed by atoms with Crippen LogP contribution in [-0.4, -0.2) is 36.2 Å². The molecule has 2 aliphatic rings. The lowest BCUT2D eigenvalue weighted by Crippen LogP contribution is -2.56. The number of fused-ring (bicyclic) bond motifs is 1. The van der Waals surface area contributed by atoms with Gasteiger partial charge in [-0.25, -0.2) is 0 Å². The zero-order valence-electron chi connectivity index (χ0n) is 19.4. The molecule has 5 rings (SSSR count). The minimum Gasteiger partial charge on any atom is -0.469 e. The molecule has 34 heavy (non-hydrogen) atoms. The molecule has 1 aliphatic carbocycles. The molecule has 4 atom stereocenters. The van der Waals surface area contributed by atoms with Gasteiger partial charge < -0.3 is 9.84 Å². The predicted octanol–water partition coefficient (Wildman–Crippen LogP) is 5.40. The Labute approximate surface area is 206 Å². The Bertz CT molecular complexity index is 1150. The molecular formula is C29H30ClNO3. The second kappa shape index (κ2) is 9.18. The average Bonchev–Trinajstić information content (AvgIpc) is 3.26. The van der Waals surface area contributed by atoms with E-state index in [0.29, 0.717) is 37.5 Å². The first kappa shape index (κ1) is 23.1. The number of esters is 1. The van der Waals surface area contributed by atoms with Crippen LogP contribution in [0.4, 0.5) is 0 Å². The van der Waals surface area contributed by atoms with Crippen LogP contribution in [0.5, 0.6) is 0 Å². The van der Waals surface area contributed by atoms with Crippen molar-refractivity contribution in [3.8, 4) is 0 Å². The molecule has 4 unspecified atom stereocenters. The molecule has 0 amide bonds. The molecule has 0 aromatic heterocycles. The number of hydrogen-bond acceptors (Lipinski definition) is 4. The Morgan fingerprint density at radius 1 is 1.06 bits per heavy atom. The van der Waals surface area contributed by atoms with Gasteiger partial charge in [0.05, 0.1) is 18.1 Å². The number of halogens is 1. The Kier molecular flexibility index (Phi) is 6.24. The van der Waals surface area contributed by atoms with Crippen molar-refractivity contribution >= 4 is 17.6 Å². The summed E-state index contributed by atoms with van der Waals surface area (Å²) in [4.78, 5) is 16.1. The molecule has 0 spiro atoms. The molecule has 2 fully saturated rings. The van der Waals surface area contributed by atoms with E-state index in [0.717, 1.165) is 11.1 Å². The third-order valence-corrected chi connectivity index (χ3v) is 8.14. The highest BCUT2D eigenvalue weighted by Crippen LogP contribution is 2.61. The fourth-order valence-corrected chi connectivity index (χ4v) is 6.64. The first-order chi connectivity index (χ1) is 16.5. The first-order valence-corrected chi connectivity index (χ1v) is 12.2. The van der Waals surface area contributed by atoms with Gasteiger partial charge in [0.25, 0.3) is 0 Å². The topological polar surface area (TPSA) is 49.8 Å². The number of benzene rings is 3. The Balaban J connectivity index is 1.63. The summed E-state index contributed by atoms with van der Waals surface area (Å²) in [5.74, 6) is -0.637. The fraction of sp³-hybridized carbons (Fsp3) is 0.345. The van der Waals surface area contributed by atoms with Crippen LogP contribution < -0.4 is 0 Å². The van der Waals surface area contributed by atoms with Gasteiger partial charge in [-0.1, -0.05) is 84.4 Å². The van der Waals surface area contributed by atoms with Crippen molar-refractivity contribution in [1.82, 2.24) is 4.90 Å². The molecule has 4 nitrogen and oxygen atoms in total. The summed E-state index contributed by atoms with van der Waals surface area (Å²) in [5, 5.41) is 12.9. The summed E-state index contributed by atoms with van der Waals surface area (Å²) >= 11 is 6.34. The zero-order chi connectivity index (χ0) is 23.8. The van der Waals surface area contributed by atoms with Gasteiger partial charge in [-0.3, -0.25) is 9.69 Å². The highest BCUT2D eigenvalue weighted by molar-refractivity contribution is 6.30. The van der Waals surface area contributed by atoms with Crippen LogP contribution in [0.2, 0.25) is 5.02 Å².